The molecular weight excluding hydrogens is 242 g/mol. The van der Waals surface area contributed by atoms with E-state index in [0.717, 1.165) is 5.69 Å². The molecule has 1 aromatic heterocycles. The molecule has 6 heteroatoms. The van der Waals surface area contributed by atoms with E-state index >= 15 is 0 Å². The van der Waals surface area contributed by atoms with Crippen LogP contribution >= 0.6 is 11.6 Å². The smallest absolute Gasteiger partial charge is 0.320 e. The molecule has 0 fully saturated rings. The zero-order valence-corrected chi connectivity index (χ0v) is 10.2. The summed E-state index contributed by atoms with van der Waals surface area (Å²) in [5, 5.41) is 10.3. The van der Waals surface area contributed by atoms with Crippen LogP contribution in [0.25, 0.3) is 0 Å². The van der Waals surface area contributed by atoms with Crippen LogP contribution in [0.2, 0.25) is 0 Å². The molecule has 1 unspecified atom stereocenters. The molecule has 0 saturated heterocycles. The molecule has 2 aromatic rings. The van der Waals surface area contributed by atoms with Crippen molar-refractivity contribution in [3.05, 3.63) is 30.2 Å². The number of ether oxygens (including phenoxy) is 1. The molecule has 0 radical (unpaired) electrons. The van der Waals surface area contributed by atoms with Gasteiger partial charge in [-0.1, -0.05) is 17.2 Å². The SMILES string of the molecule is COc1ccccc1Nc1nnc(C(C)Cl)o1. The molecule has 0 amide bonds. The van der Waals surface area contributed by atoms with Crippen molar-refractivity contribution in [2.45, 2.75) is 12.3 Å². The first-order valence-electron chi connectivity index (χ1n) is 5.08. The van der Waals surface area contributed by atoms with Gasteiger partial charge in [-0.3, -0.25) is 0 Å². The number of halogens is 1. The van der Waals surface area contributed by atoms with Gasteiger partial charge in [0, 0.05) is 0 Å². The van der Waals surface area contributed by atoms with Crippen molar-refractivity contribution in [2.75, 3.05) is 12.4 Å². The van der Waals surface area contributed by atoms with Gasteiger partial charge in [0.2, 0.25) is 5.89 Å². The zero-order valence-electron chi connectivity index (χ0n) is 9.48. The van der Waals surface area contributed by atoms with Crippen LogP contribution in [0.5, 0.6) is 5.75 Å². The standard InChI is InChI=1S/C11H12ClN3O2/c1-7(12)10-14-15-11(17-10)13-8-5-3-4-6-9(8)16-2/h3-7H,1-2H3,(H,13,15). The van der Waals surface area contributed by atoms with E-state index in [4.69, 9.17) is 20.8 Å². The predicted octanol–water partition coefficient (Wildman–Crippen LogP) is 3.12. The van der Waals surface area contributed by atoms with E-state index in [-0.39, 0.29) is 11.4 Å². The maximum atomic E-state index is 5.83. The second-order valence-corrected chi connectivity index (χ2v) is 4.04. The minimum Gasteiger partial charge on any atom is -0.495 e. The molecule has 0 saturated carbocycles. The Balaban J connectivity index is 2.19. The Morgan fingerprint density at radius 1 is 1.35 bits per heavy atom. The van der Waals surface area contributed by atoms with Crippen LogP contribution < -0.4 is 10.1 Å². The molecule has 0 spiro atoms. The van der Waals surface area contributed by atoms with Crippen LogP contribution in [0.1, 0.15) is 18.2 Å². The van der Waals surface area contributed by atoms with Gasteiger partial charge in [-0.15, -0.1) is 16.7 Å². The van der Waals surface area contributed by atoms with Gasteiger partial charge < -0.3 is 14.5 Å². The first kappa shape index (κ1) is 11.7. The number of benzene rings is 1. The molecular formula is C11H12ClN3O2. The number of methoxy groups -OCH3 is 1. The lowest BCUT2D eigenvalue weighted by molar-refractivity contribution is 0.416. The minimum absolute atomic E-state index is 0.289. The van der Waals surface area contributed by atoms with E-state index in [1.54, 1.807) is 14.0 Å². The number of rotatable bonds is 4. The lowest BCUT2D eigenvalue weighted by Crippen LogP contribution is -1.94. The predicted molar refractivity (Wildman–Crippen MR) is 64.8 cm³/mol. The summed E-state index contributed by atoms with van der Waals surface area (Å²) in [5.41, 5.74) is 0.757. The van der Waals surface area contributed by atoms with E-state index in [1.807, 2.05) is 24.3 Å². The summed E-state index contributed by atoms with van der Waals surface area (Å²) in [6.45, 7) is 1.77. The molecule has 17 heavy (non-hydrogen) atoms. The van der Waals surface area contributed by atoms with Gasteiger partial charge in [-0.25, -0.2) is 0 Å². The maximum Gasteiger partial charge on any atom is 0.320 e. The van der Waals surface area contributed by atoms with E-state index in [2.05, 4.69) is 15.5 Å². The molecule has 0 aliphatic heterocycles. The fourth-order valence-corrected chi connectivity index (χ4v) is 1.40. The van der Waals surface area contributed by atoms with Crippen molar-refractivity contribution in [3.8, 4) is 5.75 Å². The van der Waals surface area contributed by atoms with Crippen LogP contribution in [-0.2, 0) is 0 Å². The number of nitrogens with zero attached hydrogens (tertiary/aromatic N) is 2. The fraction of sp³-hybridized carbons (Fsp3) is 0.273. The van der Waals surface area contributed by atoms with Gasteiger partial charge in [-0.05, 0) is 19.1 Å². The van der Waals surface area contributed by atoms with Gasteiger partial charge in [0.15, 0.2) is 0 Å². The Bertz CT molecular complexity index is 499. The third-order valence-corrected chi connectivity index (χ3v) is 2.32. The van der Waals surface area contributed by atoms with E-state index < -0.39 is 0 Å². The van der Waals surface area contributed by atoms with E-state index in [0.29, 0.717) is 11.6 Å². The largest absolute Gasteiger partial charge is 0.495 e. The Kier molecular flexibility index (Phi) is 3.49. The molecule has 1 N–H and O–H groups in total. The van der Waals surface area contributed by atoms with Crippen LogP contribution in [0.15, 0.2) is 28.7 Å². The van der Waals surface area contributed by atoms with E-state index in [1.165, 1.54) is 0 Å². The topological polar surface area (TPSA) is 60.2 Å². The number of para-hydroxylation sites is 2. The second-order valence-electron chi connectivity index (χ2n) is 3.39. The van der Waals surface area contributed by atoms with Crippen LogP contribution in [0, 0.1) is 0 Å². The lowest BCUT2D eigenvalue weighted by Gasteiger charge is -2.06. The number of aromatic nitrogens is 2. The third-order valence-electron chi connectivity index (χ3n) is 2.13. The van der Waals surface area contributed by atoms with Crippen molar-refractivity contribution in [1.82, 2.24) is 10.2 Å². The highest BCUT2D eigenvalue weighted by Gasteiger charge is 2.12. The quantitative estimate of drug-likeness (QED) is 0.849. The van der Waals surface area contributed by atoms with Crippen molar-refractivity contribution >= 4 is 23.3 Å². The monoisotopic (exact) mass is 253 g/mol. The Morgan fingerprint density at radius 2 is 2.12 bits per heavy atom. The molecule has 90 valence electrons. The second kappa shape index (κ2) is 5.05. The number of anilines is 2. The van der Waals surface area contributed by atoms with Gasteiger partial charge in [0.1, 0.15) is 11.1 Å². The zero-order chi connectivity index (χ0) is 12.3. The molecule has 2 rings (SSSR count). The summed E-state index contributed by atoms with van der Waals surface area (Å²) in [4.78, 5) is 0. The normalized spacial score (nSPS) is 12.2. The van der Waals surface area contributed by atoms with Crippen molar-refractivity contribution in [2.24, 2.45) is 0 Å². The highest BCUT2D eigenvalue weighted by molar-refractivity contribution is 6.20. The first-order valence-corrected chi connectivity index (χ1v) is 5.52. The van der Waals surface area contributed by atoms with Crippen LogP contribution in [0.3, 0.4) is 0 Å². The van der Waals surface area contributed by atoms with Crippen LogP contribution in [-0.4, -0.2) is 17.3 Å². The molecule has 0 aliphatic carbocycles. The molecule has 1 atom stereocenters. The fourth-order valence-electron chi connectivity index (χ4n) is 1.31. The summed E-state index contributed by atoms with van der Waals surface area (Å²) in [7, 11) is 1.60. The molecule has 1 heterocycles. The Labute approximate surface area is 104 Å². The van der Waals surface area contributed by atoms with Crippen LogP contribution in [0.4, 0.5) is 11.7 Å². The summed E-state index contributed by atoms with van der Waals surface area (Å²) in [6, 6.07) is 7.74. The number of nitrogens with one attached hydrogen (secondary N) is 1. The summed E-state index contributed by atoms with van der Waals surface area (Å²) >= 11 is 5.83. The minimum atomic E-state index is -0.310. The van der Waals surface area contributed by atoms with Gasteiger partial charge >= 0.3 is 6.01 Å². The molecule has 1 aromatic carbocycles. The average Bonchev–Trinajstić information content (AvgIpc) is 2.78. The molecule has 5 nitrogen and oxygen atoms in total. The number of alkyl halides is 1. The molecule has 0 aliphatic rings. The summed E-state index contributed by atoms with van der Waals surface area (Å²) in [5.74, 6) is 1.08. The number of hydrogen-bond acceptors (Lipinski definition) is 5. The van der Waals surface area contributed by atoms with Gasteiger partial charge in [0.05, 0.1) is 12.8 Å². The summed E-state index contributed by atoms with van der Waals surface area (Å²) in [6.07, 6.45) is 0. The van der Waals surface area contributed by atoms with Gasteiger partial charge in [-0.2, -0.15) is 0 Å². The number of hydrogen-bond donors (Lipinski definition) is 1. The maximum absolute atomic E-state index is 5.83. The Morgan fingerprint density at radius 3 is 2.76 bits per heavy atom. The third kappa shape index (κ3) is 2.68. The lowest BCUT2D eigenvalue weighted by atomic mass is 10.3. The Hall–Kier alpha value is -1.75. The average molecular weight is 254 g/mol. The highest BCUT2D eigenvalue weighted by Crippen LogP contribution is 2.27. The first-order chi connectivity index (χ1) is 8.20. The highest BCUT2D eigenvalue weighted by atomic mass is 35.5. The summed E-state index contributed by atoms with van der Waals surface area (Å²) < 4.78 is 10.5. The molecule has 0 bridgehead atoms. The van der Waals surface area contributed by atoms with Crippen molar-refractivity contribution < 1.29 is 9.15 Å². The van der Waals surface area contributed by atoms with Crippen molar-refractivity contribution in [3.63, 3.8) is 0 Å². The van der Waals surface area contributed by atoms with E-state index in [9.17, 15) is 0 Å². The van der Waals surface area contributed by atoms with Gasteiger partial charge in [0.25, 0.3) is 0 Å². The van der Waals surface area contributed by atoms with Crippen molar-refractivity contribution in [1.29, 1.82) is 0 Å².